The van der Waals surface area contributed by atoms with E-state index in [1.54, 1.807) is 0 Å². The Hall–Kier alpha value is -1.35. The number of rotatable bonds is 1. The standard InChI is InChI=1S/C15H20N2O2S/c1-11-8-17(9-12(2)16(11)3)15(19)13-7-14(20-10-13)5-4-6-18/h7,10-12,18H,6,8-9H2,1-3H3. The number of aliphatic hydroxyl groups is 1. The van der Waals surface area contributed by atoms with Gasteiger partial charge in [-0.05, 0) is 27.0 Å². The van der Waals surface area contributed by atoms with E-state index < -0.39 is 0 Å². The van der Waals surface area contributed by atoms with Gasteiger partial charge in [0.05, 0.1) is 10.4 Å². The first-order chi connectivity index (χ1) is 9.52. The number of aliphatic hydroxyl groups excluding tert-OH is 1. The number of piperazine rings is 1. The quantitative estimate of drug-likeness (QED) is 0.793. The highest BCUT2D eigenvalue weighted by molar-refractivity contribution is 7.10. The lowest BCUT2D eigenvalue weighted by Crippen LogP contribution is -2.56. The summed E-state index contributed by atoms with van der Waals surface area (Å²) in [7, 11) is 2.10. The van der Waals surface area contributed by atoms with Crippen LogP contribution in [0, 0.1) is 11.8 Å². The average molecular weight is 292 g/mol. The number of nitrogens with zero attached hydrogens (tertiary/aromatic N) is 2. The molecule has 5 heteroatoms. The molecule has 0 saturated carbocycles. The number of carbonyl (C=O) groups excluding carboxylic acids is 1. The van der Waals surface area contributed by atoms with Crippen molar-refractivity contribution >= 4 is 17.2 Å². The number of hydrogen-bond acceptors (Lipinski definition) is 4. The van der Waals surface area contributed by atoms with Crippen molar-refractivity contribution in [3.05, 3.63) is 21.9 Å². The molecule has 2 rings (SSSR count). The molecule has 1 fully saturated rings. The third-order valence-corrected chi connectivity index (χ3v) is 4.63. The molecule has 1 aromatic heterocycles. The lowest BCUT2D eigenvalue weighted by molar-refractivity contribution is 0.0414. The third-order valence-electron chi connectivity index (χ3n) is 3.78. The van der Waals surface area contributed by atoms with Gasteiger partial charge in [-0.3, -0.25) is 9.69 Å². The number of carbonyl (C=O) groups is 1. The molecule has 1 aromatic rings. The van der Waals surface area contributed by atoms with Gasteiger partial charge in [-0.15, -0.1) is 11.3 Å². The molecule has 108 valence electrons. The van der Waals surface area contributed by atoms with Crippen LogP contribution in [0.5, 0.6) is 0 Å². The minimum absolute atomic E-state index is 0.0742. The summed E-state index contributed by atoms with van der Waals surface area (Å²) in [4.78, 5) is 17.5. The Labute approximate surface area is 124 Å². The molecule has 2 unspecified atom stereocenters. The maximum absolute atomic E-state index is 12.5. The van der Waals surface area contributed by atoms with E-state index >= 15 is 0 Å². The van der Waals surface area contributed by atoms with Crippen LogP contribution in [0.25, 0.3) is 0 Å². The van der Waals surface area contributed by atoms with Gasteiger partial charge in [0.2, 0.25) is 0 Å². The molecular weight excluding hydrogens is 272 g/mol. The van der Waals surface area contributed by atoms with E-state index in [4.69, 9.17) is 5.11 Å². The van der Waals surface area contributed by atoms with Crippen LogP contribution in [0.15, 0.2) is 11.4 Å². The molecule has 1 N–H and O–H groups in total. The molecule has 0 bridgehead atoms. The van der Waals surface area contributed by atoms with E-state index in [1.807, 2.05) is 16.3 Å². The van der Waals surface area contributed by atoms with Crippen molar-refractivity contribution in [1.29, 1.82) is 0 Å². The van der Waals surface area contributed by atoms with E-state index in [0.717, 1.165) is 18.0 Å². The van der Waals surface area contributed by atoms with Gasteiger partial charge < -0.3 is 10.0 Å². The fraction of sp³-hybridized carbons (Fsp3) is 0.533. The highest BCUT2D eigenvalue weighted by Crippen LogP contribution is 2.19. The molecule has 1 aliphatic heterocycles. The van der Waals surface area contributed by atoms with Crippen molar-refractivity contribution in [3.8, 4) is 11.8 Å². The van der Waals surface area contributed by atoms with Gasteiger partial charge in [0.25, 0.3) is 5.91 Å². The molecule has 2 heterocycles. The zero-order valence-electron chi connectivity index (χ0n) is 12.1. The SMILES string of the molecule is CC1CN(C(=O)c2csc(C#CCO)c2)CC(C)N1C. The van der Waals surface area contributed by atoms with E-state index in [0.29, 0.717) is 17.6 Å². The summed E-state index contributed by atoms with van der Waals surface area (Å²) in [6.45, 7) is 5.64. The molecular formula is C15H20N2O2S. The van der Waals surface area contributed by atoms with Crippen LogP contribution < -0.4 is 0 Å². The summed E-state index contributed by atoms with van der Waals surface area (Å²) >= 11 is 1.44. The predicted octanol–water partition coefficient (Wildman–Crippen LogP) is 1.26. The van der Waals surface area contributed by atoms with Gasteiger partial charge in [-0.2, -0.15) is 0 Å². The van der Waals surface area contributed by atoms with Crippen LogP contribution in [0.1, 0.15) is 29.1 Å². The van der Waals surface area contributed by atoms with Crippen LogP contribution in [-0.2, 0) is 0 Å². The summed E-state index contributed by atoms with van der Waals surface area (Å²) in [6, 6.07) is 2.55. The van der Waals surface area contributed by atoms with Gasteiger partial charge in [0.15, 0.2) is 0 Å². The summed E-state index contributed by atoms with van der Waals surface area (Å²) in [5.74, 6) is 5.51. The first kappa shape index (κ1) is 15.0. The number of likely N-dealkylation sites (N-methyl/N-ethyl adjacent to an activating group) is 1. The monoisotopic (exact) mass is 292 g/mol. The molecule has 20 heavy (non-hydrogen) atoms. The maximum atomic E-state index is 12.5. The van der Waals surface area contributed by atoms with Crippen LogP contribution in [0.3, 0.4) is 0 Å². The number of hydrogen-bond donors (Lipinski definition) is 1. The molecule has 0 radical (unpaired) electrons. The largest absolute Gasteiger partial charge is 0.384 e. The average Bonchev–Trinajstić information content (AvgIpc) is 2.90. The molecule has 0 spiro atoms. The Bertz CT molecular complexity index is 532. The van der Waals surface area contributed by atoms with Crippen molar-refractivity contribution in [2.75, 3.05) is 26.7 Å². The fourth-order valence-electron chi connectivity index (χ4n) is 2.39. The highest BCUT2D eigenvalue weighted by Gasteiger charge is 2.29. The minimum atomic E-state index is -0.158. The summed E-state index contributed by atoms with van der Waals surface area (Å²) in [5, 5.41) is 10.5. The Morgan fingerprint density at radius 1 is 1.45 bits per heavy atom. The van der Waals surface area contributed by atoms with Crippen molar-refractivity contribution in [2.24, 2.45) is 0 Å². The predicted molar refractivity (Wildman–Crippen MR) is 80.9 cm³/mol. The van der Waals surface area contributed by atoms with Crippen molar-refractivity contribution < 1.29 is 9.90 Å². The van der Waals surface area contributed by atoms with Crippen LogP contribution in [-0.4, -0.2) is 59.6 Å². The van der Waals surface area contributed by atoms with Gasteiger partial charge in [0.1, 0.15) is 6.61 Å². The second-order valence-electron chi connectivity index (χ2n) is 5.23. The van der Waals surface area contributed by atoms with Gasteiger partial charge >= 0.3 is 0 Å². The van der Waals surface area contributed by atoms with Crippen LogP contribution in [0.2, 0.25) is 0 Å². The molecule has 1 saturated heterocycles. The van der Waals surface area contributed by atoms with Crippen LogP contribution in [0.4, 0.5) is 0 Å². The lowest BCUT2D eigenvalue weighted by Gasteiger charge is -2.42. The number of thiophene rings is 1. The normalized spacial score (nSPS) is 23.3. The van der Waals surface area contributed by atoms with Gasteiger partial charge in [0, 0.05) is 30.6 Å². The summed E-state index contributed by atoms with van der Waals surface area (Å²) < 4.78 is 0. The molecule has 1 aliphatic rings. The van der Waals surface area contributed by atoms with Crippen molar-refractivity contribution in [1.82, 2.24) is 9.80 Å². The molecule has 4 nitrogen and oxygen atoms in total. The zero-order chi connectivity index (χ0) is 14.7. The Morgan fingerprint density at radius 3 is 2.70 bits per heavy atom. The van der Waals surface area contributed by atoms with Crippen molar-refractivity contribution in [2.45, 2.75) is 25.9 Å². The van der Waals surface area contributed by atoms with E-state index in [9.17, 15) is 4.79 Å². The van der Waals surface area contributed by atoms with Crippen LogP contribution >= 0.6 is 11.3 Å². The Balaban J connectivity index is 2.09. The van der Waals surface area contributed by atoms with Gasteiger partial charge in [-0.1, -0.05) is 11.8 Å². The minimum Gasteiger partial charge on any atom is -0.384 e. The molecule has 0 aliphatic carbocycles. The Morgan fingerprint density at radius 2 is 2.10 bits per heavy atom. The fourth-order valence-corrected chi connectivity index (χ4v) is 3.14. The summed E-state index contributed by atoms with van der Waals surface area (Å²) in [5.41, 5.74) is 0.696. The topological polar surface area (TPSA) is 43.8 Å². The molecule has 0 aromatic carbocycles. The smallest absolute Gasteiger partial charge is 0.254 e. The molecule has 2 atom stereocenters. The van der Waals surface area contributed by atoms with Crippen molar-refractivity contribution in [3.63, 3.8) is 0 Å². The Kier molecular flexibility index (Phi) is 4.81. The van der Waals surface area contributed by atoms with Gasteiger partial charge in [-0.25, -0.2) is 0 Å². The lowest BCUT2D eigenvalue weighted by atomic mass is 10.1. The first-order valence-electron chi connectivity index (χ1n) is 6.72. The maximum Gasteiger partial charge on any atom is 0.254 e. The second kappa shape index (κ2) is 6.40. The third kappa shape index (κ3) is 3.21. The second-order valence-corrected chi connectivity index (χ2v) is 6.14. The summed E-state index contributed by atoms with van der Waals surface area (Å²) in [6.07, 6.45) is 0. The zero-order valence-corrected chi connectivity index (χ0v) is 12.9. The molecule has 1 amide bonds. The van der Waals surface area contributed by atoms with E-state index in [-0.39, 0.29) is 12.5 Å². The van der Waals surface area contributed by atoms with E-state index in [1.165, 1.54) is 11.3 Å². The number of amides is 1. The first-order valence-corrected chi connectivity index (χ1v) is 7.60. The van der Waals surface area contributed by atoms with E-state index in [2.05, 4.69) is 37.6 Å². The highest BCUT2D eigenvalue weighted by atomic mass is 32.1.